The molecule has 0 aromatic rings. The van der Waals surface area contributed by atoms with Crippen LogP contribution >= 0.6 is 0 Å². The first-order valence-electron chi connectivity index (χ1n) is 14.0. The first-order valence-corrected chi connectivity index (χ1v) is 14.0. The van der Waals surface area contributed by atoms with E-state index in [4.69, 9.17) is 14.6 Å². The van der Waals surface area contributed by atoms with E-state index in [2.05, 4.69) is 13.8 Å². The zero-order valence-corrected chi connectivity index (χ0v) is 22.7. The molecule has 0 rings (SSSR count). The van der Waals surface area contributed by atoms with Gasteiger partial charge in [0.15, 0.2) is 0 Å². The Morgan fingerprint density at radius 3 is 1.36 bits per heavy atom. The Labute approximate surface area is 217 Å². The van der Waals surface area contributed by atoms with E-state index in [1.807, 2.05) is 0 Å². The van der Waals surface area contributed by atoms with Crippen LogP contribution in [0.2, 0.25) is 0 Å². The molecule has 0 heterocycles. The number of rotatable bonds is 25. The van der Waals surface area contributed by atoms with Crippen LogP contribution < -0.4 is 0 Å². The van der Waals surface area contributed by atoms with E-state index in [1.165, 1.54) is 0 Å². The van der Waals surface area contributed by atoms with Crippen LogP contribution in [0.5, 0.6) is 0 Å². The molecule has 0 amide bonds. The number of carbonyl (C=O) groups excluding carboxylic acids is 2. The van der Waals surface area contributed by atoms with Gasteiger partial charge in [-0.2, -0.15) is 0 Å². The smallest absolute Gasteiger partial charge is 0.316 e. The Kier molecular flexibility index (Phi) is 20.8. The maximum absolute atomic E-state index is 12.3. The Morgan fingerprint density at radius 2 is 0.944 bits per heavy atom. The van der Waals surface area contributed by atoms with Gasteiger partial charge in [-0.3, -0.25) is 19.2 Å². The zero-order valence-electron chi connectivity index (χ0n) is 22.7. The van der Waals surface area contributed by atoms with E-state index in [0.29, 0.717) is 25.7 Å². The predicted molar refractivity (Wildman–Crippen MR) is 139 cm³/mol. The van der Waals surface area contributed by atoms with E-state index in [9.17, 15) is 24.3 Å². The molecular formula is C28H50O8. The molecule has 2 N–H and O–H groups in total. The minimum Gasteiger partial charge on any atom is -0.481 e. The summed E-state index contributed by atoms with van der Waals surface area (Å²) in [6.45, 7) is 3.60. The Hall–Kier alpha value is -2.12. The molecule has 36 heavy (non-hydrogen) atoms. The fraction of sp³-hybridized carbons (Fsp3) is 0.857. The van der Waals surface area contributed by atoms with E-state index in [-0.39, 0.29) is 38.9 Å². The van der Waals surface area contributed by atoms with Crippen molar-refractivity contribution in [2.45, 2.75) is 136 Å². The number of unbranched alkanes of at least 4 members (excludes halogenated alkanes) is 12. The average Bonchev–Trinajstić information content (AvgIpc) is 2.84. The van der Waals surface area contributed by atoms with Gasteiger partial charge in [0, 0.05) is 19.3 Å². The molecule has 0 bridgehead atoms. The molecule has 0 saturated carbocycles. The second-order valence-corrected chi connectivity index (χ2v) is 9.90. The lowest BCUT2D eigenvalue weighted by molar-refractivity contribution is -0.168. The van der Waals surface area contributed by atoms with Gasteiger partial charge in [0.05, 0.1) is 0 Å². The number of hydrogen-bond donors (Lipinski definition) is 2. The van der Waals surface area contributed by atoms with Crippen molar-refractivity contribution < 1.29 is 38.9 Å². The van der Waals surface area contributed by atoms with Gasteiger partial charge in [0.1, 0.15) is 18.6 Å². The van der Waals surface area contributed by atoms with Crippen molar-refractivity contribution in [2.75, 3.05) is 13.2 Å². The van der Waals surface area contributed by atoms with Crippen LogP contribution in [0.3, 0.4) is 0 Å². The summed E-state index contributed by atoms with van der Waals surface area (Å²) in [6.07, 6.45) is 14.1. The Balaban J connectivity index is 4.83. The zero-order chi connectivity index (χ0) is 27.1. The first kappa shape index (κ1) is 33.9. The van der Waals surface area contributed by atoms with Gasteiger partial charge in [-0.25, -0.2) is 0 Å². The maximum Gasteiger partial charge on any atom is 0.316 e. The Morgan fingerprint density at radius 1 is 0.556 bits per heavy atom. The van der Waals surface area contributed by atoms with Gasteiger partial charge < -0.3 is 19.7 Å². The predicted octanol–water partition coefficient (Wildman–Crippen LogP) is 6.68. The van der Waals surface area contributed by atoms with Crippen molar-refractivity contribution >= 4 is 23.9 Å². The van der Waals surface area contributed by atoms with Crippen molar-refractivity contribution in [3.05, 3.63) is 0 Å². The van der Waals surface area contributed by atoms with Crippen LogP contribution in [0, 0.1) is 5.41 Å². The standard InChI is InChI=1S/C28H50O8/c1-3-5-7-10-15-19-25(31)35-22-28(27(33)34,21-17-13-9-12-14-18-24(29)30)23-36-26(32)20-16-11-8-6-4-2/h3-23H2,1-2H3,(H,29,30)(H,33,34). The lowest BCUT2D eigenvalue weighted by atomic mass is 9.83. The molecule has 0 aliphatic carbocycles. The van der Waals surface area contributed by atoms with E-state index in [0.717, 1.165) is 70.6 Å². The number of esters is 2. The lowest BCUT2D eigenvalue weighted by Crippen LogP contribution is -2.41. The molecule has 0 radical (unpaired) electrons. The molecule has 8 nitrogen and oxygen atoms in total. The summed E-state index contributed by atoms with van der Waals surface area (Å²) in [5, 5.41) is 18.8. The van der Waals surface area contributed by atoms with Crippen LogP contribution in [-0.4, -0.2) is 47.3 Å². The SMILES string of the molecule is CCCCCCCC(=O)OCC(CCCCCCCC(=O)O)(COC(=O)CCCCCCC)C(=O)O. The normalized spacial score (nSPS) is 11.3. The van der Waals surface area contributed by atoms with Crippen molar-refractivity contribution in [1.29, 1.82) is 0 Å². The Bertz CT molecular complexity index is 587. The highest BCUT2D eigenvalue weighted by atomic mass is 16.6. The van der Waals surface area contributed by atoms with Crippen molar-refractivity contribution in [1.82, 2.24) is 0 Å². The van der Waals surface area contributed by atoms with Crippen LogP contribution in [0.15, 0.2) is 0 Å². The van der Waals surface area contributed by atoms with Crippen molar-refractivity contribution in [2.24, 2.45) is 5.41 Å². The summed E-state index contributed by atoms with van der Waals surface area (Å²) in [6, 6.07) is 0. The molecule has 0 fully saturated rings. The summed E-state index contributed by atoms with van der Waals surface area (Å²) in [5.41, 5.74) is -1.48. The van der Waals surface area contributed by atoms with Gasteiger partial charge in [0.25, 0.3) is 0 Å². The van der Waals surface area contributed by atoms with Gasteiger partial charge in [-0.05, 0) is 25.7 Å². The quantitative estimate of drug-likeness (QED) is 0.102. The summed E-state index contributed by atoms with van der Waals surface area (Å²) in [4.78, 5) is 47.4. The molecule has 0 aliphatic heterocycles. The third-order valence-corrected chi connectivity index (χ3v) is 6.49. The second kappa shape index (κ2) is 22.1. The van der Waals surface area contributed by atoms with Crippen LogP contribution in [0.4, 0.5) is 0 Å². The number of carboxylic acids is 2. The molecule has 0 spiro atoms. The monoisotopic (exact) mass is 514 g/mol. The fourth-order valence-corrected chi connectivity index (χ4v) is 4.01. The van der Waals surface area contributed by atoms with Gasteiger partial charge in [-0.1, -0.05) is 90.9 Å². The maximum atomic E-state index is 12.3. The van der Waals surface area contributed by atoms with E-state index in [1.54, 1.807) is 0 Å². The van der Waals surface area contributed by atoms with Crippen molar-refractivity contribution in [3.63, 3.8) is 0 Å². The van der Waals surface area contributed by atoms with Crippen LogP contribution in [0.25, 0.3) is 0 Å². The molecule has 0 saturated heterocycles. The summed E-state index contributed by atoms with van der Waals surface area (Å²) in [5.74, 6) is -2.81. The highest BCUT2D eigenvalue weighted by Gasteiger charge is 2.41. The highest BCUT2D eigenvalue weighted by molar-refractivity contribution is 5.77. The third kappa shape index (κ3) is 18.2. The lowest BCUT2D eigenvalue weighted by Gasteiger charge is -2.28. The summed E-state index contributed by atoms with van der Waals surface area (Å²) in [7, 11) is 0. The molecule has 8 heteroatoms. The molecular weight excluding hydrogens is 464 g/mol. The molecule has 0 aliphatic rings. The van der Waals surface area contributed by atoms with Crippen molar-refractivity contribution in [3.8, 4) is 0 Å². The molecule has 0 atom stereocenters. The van der Waals surface area contributed by atoms with E-state index < -0.39 is 29.3 Å². The third-order valence-electron chi connectivity index (χ3n) is 6.49. The largest absolute Gasteiger partial charge is 0.481 e. The number of ether oxygens (including phenoxy) is 2. The fourth-order valence-electron chi connectivity index (χ4n) is 4.01. The van der Waals surface area contributed by atoms with E-state index >= 15 is 0 Å². The molecule has 0 aromatic carbocycles. The topological polar surface area (TPSA) is 127 Å². The number of aliphatic carboxylic acids is 2. The molecule has 210 valence electrons. The van der Waals surface area contributed by atoms with Crippen LogP contribution in [0.1, 0.15) is 136 Å². The van der Waals surface area contributed by atoms with Gasteiger partial charge in [-0.15, -0.1) is 0 Å². The van der Waals surface area contributed by atoms with Gasteiger partial charge in [0.2, 0.25) is 0 Å². The molecule has 0 unspecified atom stereocenters. The van der Waals surface area contributed by atoms with Crippen LogP contribution in [-0.2, 0) is 28.7 Å². The second-order valence-electron chi connectivity index (χ2n) is 9.90. The summed E-state index contributed by atoms with van der Waals surface area (Å²) < 4.78 is 10.8. The highest BCUT2D eigenvalue weighted by Crippen LogP contribution is 2.28. The average molecular weight is 515 g/mol. The number of carboxylic acid groups (broad SMARTS) is 2. The molecule has 0 aromatic heterocycles. The minimum atomic E-state index is -1.48. The number of hydrogen-bond acceptors (Lipinski definition) is 6. The first-order chi connectivity index (χ1) is 17.3. The van der Waals surface area contributed by atoms with Gasteiger partial charge >= 0.3 is 23.9 Å². The minimum absolute atomic E-state index is 0.127. The number of carbonyl (C=O) groups is 4. The summed E-state index contributed by atoms with van der Waals surface area (Å²) >= 11 is 0.